The summed E-state index contributed by atoms with van der Waals surface area (Å²) in [4.78, 5) is 44.5. The molecule has 3 N–H and O–H groups in total. The number of carbonyl (C=O) groups is 3. The Kier molecular flexibility index (Phi) is 8.59. The van der Waals surface area contributed by atoms with E-state index in [1.807, 2.05) is 30.3 Å². The SMILES string of the molecule is CNc1nc(C(=O)NCC(c2ccccc2)N(C)C(=O)C(C)NC(=O)c2ccc(Br)s2)cs1. The lowest BCUT2D eigenvalue weighted by atomic mass is 10.0. The Labute approximate surface area is 208 Å². The number of nitrogens with zero attached hydrogens (tertiary/aromatic N) is 2. The predicted molar refractivity (Wildman–Crippen MR) is 135 cm³/mol. The number of nitrogens with one attached hydrogen (secondary N) is 3. The van der Waals surface area contributed by atoms with Gasteiger partial charge in [0.25, 0.3) is 11.8 Å². The summed E-state index contributed by atoms with van der Waals surface area (Å²) in [6.45, 7) is 1.84. The van der Waals surface area contributed by atoms with E-state index in [4.69, 9.17) is 0 Å². The summed E-state index contributed by atoms with van der Waals surface area (Å²) < 4.78 is 0.839. The Morgan fingerprint density at radius 3 is 2.45 bits per heavy atom. The highest BCUT2D eigenvalue weighted by Gasteiger charge is 2.27. The molecule has 0 spiro atoms. The Morgan fingerprint density at radius 1 is 1.12 bits per heavy atom. The van der Waals surface area contributed by atoms with Gasteiger partial charge in [0.05, 0.1) is 14.7 Å². The van der Waals surface area contributed by atoms with Crippen molar-refractivity contribution in [3.63, 3.8) is 0 Å². The van der Waals surface area contributed by atoms with Crippen LogP contribution >= 0.6 is 38.6 Å². The van der Waals surface area contributed by atoms with Crippen LogP contribution in [0.15, 0.2) is 51.6 Å². The van der Waals surface area contributed by atoms with Gasteiger partial charge in [-0.05, 0) is 40.5 Å². The highest BCUT2D eigenvalue weighted by Crippen LogP contribution is 2.23. The van der Waals surface area contributed by atoms with Gasteiger partial charge < -0.3 is 20.9 Å². The normalized spacial score (nSPS) is 12.5. The summed E-state index contributed by atoms with van der Waals surface area (Å²) in [5.74, 6) is -0.902. The van der Waals surface area contributed by atoms with Crippen LogP contribution in [0.2, 0.25) is 0 Å². The molecular weight excluding hydrogens is 526 g/mol. The second kappa shape index (κ2) is 11.4. The quantitative estimate of drug-likeness (QED) is 0.377. The summed E-state index contributed by atoms with van der Waals surface area (Å²) in [6, 6.07) is 11.7. The number of rotatable bonds is 9. The molecule has 0 saturated heterocycles. The fraction of sp³-hybridized carbons (Fsp3) is 0.273. The van der Waals surface area contributed by atoms with E-state index in [1.165, 1.54) is 22.7 Å². The molecule has 0 aliphatic carbocycles. The van der Waals surface area contributed by atoms with Crippen LogP contribution in [0.5, 0.6) is 0 Å². The highest BCUT2D eigenvalue weighted by molar-refractivity contribution is 9.11. The molecule has 3 amide bonds. The first-order valence-electron chi connectivity index (χ1n) is 10.1. The standard InChI is InChI=1S/C22H24BrN5O3S2/c1-13(26-20(30)17-9-10-18(23)33-17)21(31)28(3)16(14-7-5-4-6-8-14)11-25-19(29)15-12-32-22(24-2)27-15/h4-10,12-13,16H,11H2,1-3H3,(H,24,27)(H,25,29)(H,26,30). The minimum atomic E-state index is -0.748. The number of benzene rings is 1. The molecule has 2 heterocycles. The monoisotopic (exact) mass is 549 g/mol. The fourth-order valence-corrected chi connectivity index (χ4v) is 5.09. The molecule has 33 heavy (non-hydrogen) atoms. The average molecular weight is 551 g/mol. The van der Waals surface area contributed by atoms with Gasteiger partial charge in [0.15, 0.2) is 5.13 Å². The third kappa shape index (κ3) is 6.40. The highest BCUT2D eigenvalue weighted by atomic mass is 79.9. The number of likely N-dealkylation sites (N-methyl/N-ethyl adjacent to an activating group) is 1. The van der Waals surface area contributed by atoms with Gasteiger partial charge in [-0.15, -0.1) is 22.7 Å². The number of amides is 3. The second-order valence-electron chi connectivity index (χ2n) is 7.17. The molecule has 0 aliphatic heterocycles. The number of carbonyl (C=O) groups excluding carboxylic acids is 3. The molecule has 1 aromatic carbocycles. The van der Waals surface area contributed by atoms with Crippen molar-refractivity contribution >= 4 is 61.5 Å². The maximum absolute atomic E-state index is 13.2. The van der Waals surface area contributed by atoms with Gasteiger partial charge in [-0.1, -0.05) is 30.3 Å². The minimum Gasteiger partial charge on any atom is -0.365 e. The topological polar surface area (TPSA) is 103 Å². The van der Waals surface area contributed by atoms with Crippen molar-refractivity contribution in [1.29, 1.82) is 0 Å². The fourth-order valence-electron chi connectivity index (χ4n) is 3.15. The first kappa shape index (κ1) is 24.9. The largest absolute Gasteiger partial charge is 0.365 e. The molecule has 0 aliphatic rings. The number of hydrogen-bond acceptors (Lipinski definition) is 7. The lowest BCUT2D eigenvalue weighted by Crippen LogP contribution is -2.48. The average Bonchev–Trinajstić information content (AvgIpc) is 3.48. The van der Waals surface area contributed by atoms with E-state index in [0.717, 1.165) is 9.35 Å². The Morgan fingerprint density at radius 2 is 1.85 bits per heavy atom. The zero-order valence-corrected chi connectivity index (χ0v) is 21.5. The van der Waals surface area contributed by atoms with E-state index < -0.39 is 12.1 Å². The molecule has 3 rings (SSSR count). The molecule has 0 bridgehead atoms. The molecule has 0 fully saturated rings. The van der Waals surface area contributed by atoms with Crippen molar-refractivity contribution in [3.05, 3.63) is 67.8 Å². The van der Waals surface area contributed by atoms with Crippen molar-refractivity contribution < 1.29 is 14.4 Å². The van der Waals surface area contributed by atoms with Crippen LogP contribution in [0.1, 0.15) is 38.7 Å². The number of hydrogen-bond donors (Lipinski definition) is 3. The van der Waals surface area contributed by atoms with E-state index in [-0.39, 0.29) is 24.3 Å². The van der Waals surface area contributed by atoms with E-state index in [9.17, 15) is 14.4 Å². The number of aromatic nitrogens is 1. The van der Waals surface area contributed by atoms with Gasteiger partial charge in [0.2, 0.25) is 5.91 Å². The zero-order valence-electron chi connectivity index (χ0n) is 18.3. The van der Waals surface area contributed by atoms with Crippen LogP contribution < -0.4 is 16.0 Å². The summed E-state index contributed by atoms with van der Waals surface area (Å²) in [7, 11) is 3.41. The lowest BCUT2D eigenvalue weighted by Gasteiger charge is -2.31. The summed E-state index contributed by atoms with van der Waals surface area (Å²) in [5, 5.41) is 10.9. The van der Waals surface area contributed by atoms with Gasteiger partial charge in [-0.3, -0.25) is 14.4 Å². The van der Waals surface area contributed by atoms with Crippen LogP contribution in [-0.4, -0.2) is 54.3 Å². The van der Waals surface area contributed by atoms with E-state index in [1.54, 1.807) is 43.4 Å². The van der Waals surface area contributed by atoms with Crippen LogP contribution in [0.25, 0.3) is 0 Å². The van der Waals surface area contributed by atoms with Gasteiger partial charge in [-0.25, -0.2) is 4.98 Å². The predicted octanol–water partition coefficient (Wildman–Crippen LogP) is 3.76. The smallest absolute Gasteiger partial charge is 0.270 e. The van der Waals surface area contributed by atoms with Gasteiger partial charge >= 0.3 is 0 Å². The molecule has 0 saturated carbocycles. The van der Waals surface area contributed by atoms with Crippen molar-refractivity contribution in [2.24, 2.45) is 0 Å². The maximum atomic E-state index is 13.2. The Bertz CT molecular complexity index is 1120. The Balaban J connectivity index is 1.70. The van der Waals surface area contributed by atoms with Crippen LogP contribution in [0, 0.1) is 0 Å². The van der Waals surface area contributed by atoms with E-state index >= 15 is 0 Å². The number of halogens is 1. The third-order valence-corrected chi connectivity index (χ3v) is 7.40. The Hall–Kier alpha value is -2.76. The number of thiophene rings is 1. The molecule has 2 unspecified atom stereocenters. The molecule has 8 nitrogen and oxygen atoms in total. The first-order chi connectivity index (χ1) is 15.8. The van der Waals surface area contributed by atoms with E-state index in [2.05, 4.69) is 36.9 Å². The van der Waals surface area contributed by atoms with Crippen molar-refractivity contribution in [1.82, 2.24) is 20.5 Å². The van der Waals surface area contributed by atoms with E-state index in [0.29, 0.717) is 15.7 Å². The number of anilines is 1. The minimum absolute atomic E-state index is 0.191. The maximum Gasteiger partial charge on any atom is 0.270 e. The van der Waals surface area contributed by atoms with Crippen molar-refractivity contribution in [3.8, 4) is 0 Å². The van der Waals surface area contributed by atoms with Gasteiger partial charge in [-0.2, -0.15) is 0 Å². The number of thiazole rings is 1. The molecule has 2 atom stereocenters. The van der Waals surface area contributed by atoms with Crippen molar-refractivity contribution in [2.75, 3.05) is 26.0 Å². The van der Waals surface area contributed by atoms with Crippen molar-refractivity contribution in [2.45, 2.75) is 19.0 Å². The molecule has 174 valence electrons. The second-order valence-corrected chi connectivity index (χ2v) is 10.5. The third-order valence-electron chi connectivity index (χ3n) is 4.92. The summed E-state index contributed by atoms with van der Waals surface area (Å²) in [6.07, 6.45) is 0. The van der Waals surface area contributed by atoms with Crippen LogP contribution in [0.4, 0.5) is 5.13 Å². The molecule has 3 aromatic rings. The summed E-state index contributed by atoms with van der Waals surface area (Å²) >= 11 is 5.97. The van der Waals surface area contributed by atoms with Gasteiger partial charge in [0, 0.05) is 26.0 Å². The molecular formula is C22H24BrN5O3S2. The van der Waals surface area contributed by atoms with Gasteiger partial charge in [0.1, 0.15) is 11.7 Å². The molecule has 0 radical (unpaired) electrons. The summed E-state index contributed by atoms with van der Waals surface area (Å²) in [5.41, 5.74) is 1.18. The van der Waals surface area contributed by atoms with Crippen LogP contribution in [0.3, 0.4) is 0 Å². The lowest BCUT2D eigenvalue weighted by molar-refractivity contribution is -0.133. The molecule has 11 heteroatoms. The van der Waals surface area contributed by atoms with Crippen LogP contribution in [-0.2, 0) is 4.79 Å². The zero-order chi connectivity index (χ0) is 24.0. The first-order valence-corrected chi connectivity index (χ1v) is 12.6. The molecule has 2 aromatic heterocycles.